The smallest absolute Gasteiger partial charge is 0.271 e. The molecular formula is C23H26N4O2S. The number of anilines is 1. The van der Waals surface area contributed by atoms with Gasteiger partial charge in [-0.1, -0.05) is 45.4 Å². The molecule has 0 fully saturated rings. The molecule has 1 atom stereocenters. The number of hydrogen-bond donors (Lipinski definition) is 1. The minimum Gasteiger partial charge on any atom is -0.321 e. The maximum absolute atomic E-state index is 12.9. The Balaban J connectivity index is 0.000000806. The van der Waals surface area contributed by atoms with E-state index in [0.717, 1.165) is 6.42 Å². The SMILES string of the molecule is CCC.CCC(C)n1cnc2c(sc3nccc(NC(=O)c4ccccc4)c32)c1=O. The zero-order valence-corrected chi connectivity index (χ0v) is 18.5. The lowest BCUT2D eigenvalue weighted by Gasteiger charge is -2.11. The molecule has 30 heavy (non-hydrogen) atoms. The lowest BCUT2D eigenvalue weighted by Crippen LogP contribution is -2.22. The minimum atomic E-state index is -0.213. The van der Waals surface area contributed by atoms with Crippen molar-refractivity contribution in [2.75, 3.05) is 5.32 Å². The van der Waals surface area contributed by atoms with E-state index in [1.165, 1.54) is 17.8 Å². The highest BCUT2D eigenvalue weighted by Crippen LogP contribution is 2.34. The molecule has 4 aromatic rings. The van der Waals surface area contributed by atoms with E-state index in [-0.39, 0.29) is 17.5 Å². The molecule has 1 aromatic carbocycles. The van der Waals surface area contributed by atoms with Crippen LogP contribution in [0.1, 0.15) is 56.9 Å². The number of carbonyl (C=O) groups excluding carboxylic acids is 1. The van der Waals surface area contributed by atoms with E-state index >= 15 is 0 Å². The number of carbonyl (C=O) groups is 1. The van der Waals surface area contributed by atoms with Gasteiger partial charge in [-0.15, -0.1) is 11.3 Å². The van der Waals surface area contributed by atoms with Gasteiger partial charge in [0, 0.05) is 17.8 Å². The Kier molecular flexibility index (Phi) is 6.95. The molecule has 1 unspecified atom stereocenters. The molecule has 0 radical (unpaired) electrons. The molecule has 0 saturated heterocycles. The van der Waals surface area contributed by atoms with Crippen LogP contribution < -0.4 is 10.9 Å². The van der Waals surface area contributed by atoms with Crippen molar-refractivity contribution in [1.29, 1.82) is 0 Å². The van der Waals surface area contributed by atoms with Crippen molar-refractivity contribution in [1.82, 2.24) is 14.5 Å². The number of benzene rings is 1. The van der Waals surface area contributed by atoms with E-state index in [4.69, 9.17) is 0 Å². The summed E-state index contributed by atoms with van der Waals surface area (Å²) in [6.07, 6.45) is 5.31. The Morgan fingerprint density at radius 2 is 1.83 bits per heavy atom. The number of nitrogens with zero attached hydrogens (tertiary/aromatic N) is 3. The fraction of sp³-hybridized carbons (Fsp3) is 0.304. The molecule has 156 valence electrons. The van der Waals surface area contributed by atoms with Crippen molar-refractivity contribution >= 4 is 43.4 Å². The van der Waals surface area contributed by atoms with Gasteiger partial charge in [-0.05, 0) is 31.5 Å². The van der Waals surface area contributed by atoms with Crippen LogP contribution in [0.5, 0.6) is 0 Å². The lowest BCUT2D eigenvalue weighted by atomic mass is 10.2. The lowest BCUT2D eigenvalue weighted by molar-refractivity contribution is 0.102. The van der Waals surface area contributed by atoms with Crippen LogP contribution >= 0.6 is 11.3 Å². The van der Waals surface area contributed by atoms with Crippen molar-refractivity contribution in [3.8, 4) is 0 Å². The highest BCUT2D eigenvalue weighted by atomic mass is 32.1. The van der Waals surface area contributed by atoms with Crippen molar-refractivity contribution in [3.05, 3.63) is 64.8 Å². The number of rotatable bonds is 4. The summed E-state index contributed by atoms with van der Waals surface area (Å²) in [6, 6.07) is 10.8. The van der Waals surface area contributed by atoms with Crippen LogP contribution in [0, 0.1) is 0 Å². The molecule has 1 N–H and O–H groups in total. The Labute approximate surface area is 179 Å². The number of nitrogens with one attached hydrogen (secondary N) is 1. The van der Waals surface area contributed by atoms with Crippen molar-refractivity contribution < 1.29 is 4.79 Å². The zero-order chi connectivity index (χ0) is 21.7. The van der Waals surface area contributed by atoms with Gasteiger partial charge < -0.3 is 5.32 Å². The largest absolute Gasteiger partial charge is 0.321 e. The molecule has 0 aliphatic heterocycles. The second-order valence-electron chi connectivity index (χ2n) is 7.06. The Hall–Kier alpha value is -3.06. The van der Waals surface area contributed by atoms with Crippen molar-refractivity contribution in [2.45, 2.75) is 46.6 Å². The molecular weight excluding hydrogens is 396 g/mol. The molecule has 0 spiro atoms. The molecule has 0 saturated carbocycles. The van der Waals surface area contributed by atoms with Gasteiger partial charge in [0.15, 0.2) is 0 Å². The topological polar surface area (TPSA) is 76.9 Å². The molecule has 0 aliphatic carbocycles. The van der Waals surface area contributed by atoms with Crippen LogP contribution in [-0.4, -0.2) is 20.4 Å². The van der Waals surface area contributed by atoms with Crippen LogP contribution in [0.15, 0.2) is 53.7 Å². The van der Waals surface area contributed by atoms with Crippen molar-refractivity contribution in [2.24, 2.45) is 0 Å². The molecule has 1 amide bonds. The fourth-order valence-corrected chi connectivity index (χ4v) is 4.02. The predicted molar refractivity (Wildman–Crippen MR) is 125 cm³/mol. The molecule has 3 aromatic heterocycles. The monoisotopic (exact) mass is 422 g/mol. The third-order valence-corrected chi connectivity index (χ3v) is 5.73. The standard InChI is InChI=1S/C20H18N4O2S.C3H8/c1-3-12(2)24-11-22-16-15-14(23-18(25)13-7-5-4-6-8-13)9-10-21-19(15)27-17(16)20(24)26;1-3-2/h4-12H,3H2,1-2H3,(H,21,23,25);3H2,1-2H3. The summed E-state index contributed by atoms with van der Waals surface area (Å²) in [5.74, 6) is -0.213. The van der Waals surface area contributed by atoms with Gasteiger partial charge in [0.1, 0.15) is 9.53 Å². The minimum absolute atomic E-state index is 0.0716. The van der Waals surface area contributed by atoms with E-state index in [9.17, 15) is 9.59 Å². The van der Waals surface area contributed by atoms with Crippen LogP contribution in [0.2, 0.25) is 0 Å². The Bertz CT molecular complexity index is 1210. The average Bonchev–Trinajstić information content (AvgIpc) is 3.15. The number of thiophene rings is 1. The maximum atomic E-state index is 12.9. The van der Waals surface area contributed by atoms with Crippen LogP contribution in [0.3, 0.4) is 0 Å². The summed E-state index contributed by atoms with van der Waals surface area (Å²) in [4.78, 5) is 35.0. The summed E-state index contributed by atoms with van der Waals surface area (Å²) in [7, 11) is 0. The fourth-order valence-electron chi connectivity index (χ4n) is 2.96. The normalized spacial score (nSPS) is 11.7. The Morgan fingerprint density at radius 3 is 2.50 bits per heavy atom. The first-order valence-electron chi connectivity index (χ1n) is 10.2. The van der Waals surface area contributed by atoms with Gasteiger partial charge in [0.2, 0.25) is 0 Å². The van der Waals surface area contributed by atoms with Crippen LogP contribution in [0.25, 0.3) is 20.4 Å². The highest BCUT2D eigenvalue weighted by Gasteiger charge is 2.18. The summed E-state index contributed by atoms with van der Waals surface area (Å²) in [5, 5.41) is 3.63. The molecule has 3 heterocycles. The van der Waals surface area contributed by atoms with E-state index in [1.54, 1.807) is 35.3 Å². The molecule has 4 rings (SSSR count). The summed E-state index contributed by atoms with van der Waals surface area (Å²) in [5.41, 5.74) is 1.68. The average molecular weight is 423 g/mol. The van der Waals surface area contributed by atoms with Crippen LogP contribution in [-0.2, 0) is 0 Å². The van der Waals surface area contributed by atoms with E-state index in [1.807, 2.05) is 32.0 Å². The Morgan fingerprint density at radius 1 is 1.13 bits per heavy atom. The number of aromatic nitrogens is 3. The van der Waals surface area contributed by atoms with E-state index in [0.29, 0.717) is 31.7 Å². The highest BCUT2D eigenvalue weighted by molar-refractivity contribution is 7.25. The first-order chi connectivity index (χ1) is 14.5. The van der Waals surface area contributed by atoms with Crippen LogP contribution in [0.4, 0.5) is 5.69 Å². The second-order valence-corrected chi connectivity index (χ2v) is 8.06. The quantitative estimate of drug-likeness (QED) is 0.461. The van der Waals surface area contributed by atoms with Gasteiger partial charge >= 0.3 is 0 Å². The second kappa shape index (κ2) is 9.63. The molecule has 0 aliphatic rings. The van der Waals surface area contributed by atoms with Gasteiger partial charge in [-0.25, -0.2) is 9.97 Å². The number of amides is 1. The number of fused-ring (bicyclic) bond motifs is 3. The maximum Gasteiger partial charge on any atom is 0.271 e. The third-order valence-electron chi connectivity index (χ3n) is 4.66. The van der Waals surface area contributed by atoms with E-state index < -0.39 is 0 Å². The first-order valence-corrected chi connectivity index (χ1v) is 11.0. The van der Waals surface area contributed by atoms with Gasteiger partial charge in [0.25, 0.3) is 11.5 Å². The summed E-state index contributed by atoms with van der Waals surface area (Å²) < 4.78 is 2.21. The molecule has 6 nitrogen and oxygen atoms in total. The van der Waals surface area contributed by atoms with Crippen molar-refractivity contribution in [3.63, 3.8) is 0 Å². The van der Waals surface area contributed by atoms with Gasteiger partial charge in [0.05, 0.1) is 22.9 Å². The summed E-state index contributed by atoms with van der Waals surface area (Å²) >= 11 is 1.31. The van der Waals surface area contributed by atoms with E-state index in [2.05, 4.69) is 29.1 Å². The third kappa shape index (κ3) is 4.26. The predicted octanol–water partition coefficient (Wildman–Crippen LogP) is 5.65. The molecule has 7 heteroatoms. The number of hydrogen-bond acceptors (Lipinski definition) is 5. The first kappa shape index (κ1) is 21.6. The van der Waals surface area contributed by atoms with Gasteiger partial charge in [-0.2, -0.15) is 0 Å². The van der Waals surface area contributed by atoms with Gasteiger partial charge in [-0.3, -0.25) is 14.2 Å². The number of pyridine rings is 1. The molecule has 0 bridgehead atoms. The summed E-state index contributed by atoms with van der Waals surface area (Å²) in [6.45, 7) is 8.27. The zero-order valence-electron chi connectivity index (χ0n) is 17.7.